The van der Waals surface area contributed by atoms with Crippen molar-refractivity contribution in [2.24, 2.45) is 0 Å². The lowest BCUT2D eigenvalue weighted by Gasteiger charge is -2.23. The number of hydrogen-bond acceptors (Lipinski definition) is 1. The molecule has 1 nitrogen and oxygen atoms in total. The first-order valence-electron chi connectivity index (χ1n) is 3.62. The molecular formula is C8H11F2N. The molecule has 0 fully saturated rings. The molecule has 1 rings (SSSR count). The Bertz CT molecular complexity index is 218. The van der Waals surface area contributed by atoms with E-state index in [4.69, 9.17) is 0 Å². The fourth-order valence-electron chi connectivity index (χ4n) is 1.15. The molecule has 3 heteroatoms. The van der Waals surface area contributed by atoms with E-state index in [-0.39, 0.29) is 0 Å². The zero-order valence-corrected chi connectivity index (χ0v) is 6.69. The van der Waals surface area contributed by atoms with E-state index >= 15 is 0 Å². The molecule has 11 heavy (non-hydrogen) atoms. The van der Waals surface area contributed by atoms with Gasteiger partial charge in [0.2, 0.25) is 0 Å². The van der Waals surface area contributed by atoms with E-state index in [1.54, 1.807) is 11.9 Å². The third-order valence-electron chi connectivity index (χ3n) is 1.80. The van der Waals surface area contributed by atoms with E-state index < -0.39 is 11.7 Å². The van der Waals surface area contributed by atoms with Crippen LogP contribution in [0, 0.1) is 0 Å². The number of rotatable bonds is 1. The zero-order valence-electron chi connectivity index (χ0n) is 6.69. The van der Waals surface area contributed by atoms with Crippen molar-refractivity contribution >= 4 is 0 Å². The molecular weight excluding hydrogens is 148 g/mol. The summed E-state index contributed by atoms with van der Waals surface area (Å²) in [6.07, 6.45) is 1.78. The first-order chi connectivity index (χ1) is 5.16. The van der Waals surface area contributed by atoms with Crippen LogP contribution in [0.1, 0.15) is 13.3 Å². The fraction of sp³-hybridized carbons (Fsp3) is 0.500. The molecule has 0 radical (unpaired) electrons. The second kappa shape index (κ2) is 3.03. The molecule has 1 aliphatic heterocycles. The molecule has 0 aromatic heterocycles. The van der Waals surface area contributed by atoms with Crippen LogP contribution in [0.5, 0.6) is 0 Å². The third kappa shape index (κ3) is 1.42. The average Bonchev–Trinajstić information content (AvgIpc) is 1.99. The lowest BCUT2D eigenvalue weighted by atomic mass is 10.2. The Morgan fingerprint density at radius 3 is 2.64 bits per heavy atom. The van der Waals surface area contributed by atoms with Crippen LogP contribution in [0.25, 0.3) is 0 Å². The maximum absolute atomic E-state index is 12.9. The van der Waals surface area contributed by atoms with Crippen molar-refractivity contribution in [3.8, 4) is 0 Å². The SMILES string of the molecule is CCC1=C(F)C(F)=CCN1C. The number of hydrogen-bond donors (Lipinski definition) is 0. The fourth-order valence-corrected chi connectivity index (χ4v) is 1.15. The van der Waals surface area contributed by atoms with Gasteiger partial charge in [0.1, 0.15) is 0 Å². The van der Waals surface area contributed by atoms with Crippen LogP contribution in [0.15, 0.2) is 23.4 Å². The van der Waals surface area contributed by atoms with Crippen LogP contribution >= 0.6 is 0 Å². The highest BCUT2D eigenvalue weighted by atomic mass is 19.2. The van der Waals surface area contributed by atoms with Crippen LogP contribution in [-0.4, -0.2) is 18.5 Å². The lowest BCUT2D eigenvalue weighted by Crippen LogP contribution is -2.21. The number of likely N-dealkylation sites (N-methyl/N-ethyl adjacent to an activating group) is 1. The summed E-state index contributed by atoms with van der Waals surface area (Å²) in [5.41, 5.74) is 0.449. The summed E-state index contributed by atoms with van der Waals surface area (Å²) in [6.45, 7) is 2.27. The molecule has 0 aromatic rings. The van der Waals surface area contributed by atoms with Gasteiger partial charge in [-0.25, -0.2) is 8.78 Å². The Balaban J connectivity index is 2.95. The Morgan fingerprint density at radius 2 is 2.18 bits per heavy atom. The molecule has 62 valence electrons. The van der Waals surface area contributed by atoms with Gasteiger partial charge in [0.05, 0.1) is 5.70 Å². The summed E-state index contributed by atoms with van der Waals surface area (Å²) in [7, 11) is 1.75. The quantitative estimate of drug-likeness (QED) is 0.567. The number of nitrogens with zero attached hydrogens (tertiary/aromatic N) is 1. The van der Waals surface area contributed by atoms with Gasteiger partial charge in [-0.1, -0.05) is 6.92 Å². The molecule has 0 aliphatic carbocycles. The van der Waals surface area contributed by atoms with E-state index in [1.165, 1.54) is 6.08 Å². The van der Waals surface area contributed by atoms with Gasteiger partial charge in [0.15, 0.2) is 11.7 Å². The highest BCUT2D eigenvalue weighted by Crippen LogP contribution is 2.25. The maximum Gasteiger partial charge on any atom is 0.177 e. The summed E-state index contributed by atoms with van der Waals surface area (Å²) in [6, 6.07) is 0. The van der Waals surface area contributed by atoms with E-state index in [2.05, 4.69) is 0 Å². The summed E-state index contributed by atoms with van der Waals surface area (Å²) >= 11 is 0. The highest BCUT2D eigenvalue weighted by Gasteiger charge is 2.17. The molecule has 0 saturated heterocycles. The molecule has 1 aliphatic rings. The Hall–Kier alpha value is -0.860. The minimum Gasteiger partial charge on any atom is -0.372 e. The van der Waals surface area contributed by atoms with Crippen LogP contribution in [-0.2, 0) is 0 Å². The van der Waals surface area contributed by atoms with Gasteiger partial charge in [0.25, 0.3) is 0 Å². The van der Waals surface area contributed by atoms with Gasteiger partial charge in [-0.15, -0.1) is 0 Å². The van der Waals surface area contributed by atoms with Crippen molar-refractivity contribution in [1.82, 2.24) is 4.90 Å². The van der Waals surface area contributed by atoms with Gasteiger partial charge in [0, 0.05) is 13.6 Å². The normalized spacial score (nSPS) is 18.9. The predicted octanol–water partition coefficient (Wildman–Crippen LogP) is 2.38. The molecule has 0 spiro atoms. The average molecular weight is 159 g/mol. The molecule has 0 N–H and O–H groups in total. The van der Waals surface area contributed by atoms with Gasteiger partial charge < -0.3 is 4.90 Å². The smallest absolute Gasteiger partial charge is 0.177 e. The van der Waals surface area contributed by atoms with Crippen LogP contribution in [0.2, 0.25) is 0 Å². The third-order valence-corrected chi connectivity index (χ3v) is 1.80. The minimum atomic E-state index is -0.722. The monoisotopic (exact) mass is 159 g/mol. The molecule has 0 saturated carbocycles. The highest BCUT2D eigenvalue weighted by molar-refractivity contribution is 5.28. The van der Waals surface area contributed by atoms with E-state index in [0.29, 0.717) is 18.7 Å². The Labute approximate surface area is 65.0 Å². The summed E-state index contributed by atoms with van der Waals surface area (Å²) in [5.74, 6) is -1.43. The summed E-state index contributed by atoms with van der Waals surface area (Å²) in [5, 5.41) is 0. The molecule has 0 aromatic carbocycles. The molecule has 0 bridgehead atoms. The van der Waals surface area contributed by atoms with E-state index in [9.17, 15) is 8.78 Å². The minimum absolute atomic E-state index is 0.449. The van der Waals surface area contributed by atoms with E-state index in [1.807, 2.05) is 6.92 Å². The predicted molar refractivity (Wildman–Crippen MR) is 40.2 cm³/mol. The van der Waals surface area contributed by atoms with Crippen molar-refractivity contribution in [3.05, 3.63) is 23.4 Å². The second-order valence-corrected chi connectivity index (χ2v) is 2.55. The van der Waals surface area contributed by atoms with Crippen LogP contribution < -0.4 is 0 Å². The van der Waals surface area contributed by atoms with Crippen molar-refractivity contribution in [1.29, 1.82) is 0 Å². The first-order valence-corrected chi connectivity index (χ1v) is 3.62. The molecule has 0 unspecified atom stereocenters. The molecule has 0 atom stereocenters. The Kier molecular flexibility index (Phi) is 2.27. The van der Waals surface area contributed by atoms with Gasteiger partial charge >= 0.3 is 0 Å². The summed E-state index contributed by atoms with van der Waals surface area (Å²) in [4.78, 5) is 1.71. The molecule has 0 amide bonds. The van der Waals surface area contributed by atoms with Gasteiger partial charge in [-0.05, 0) is 12.5 Å². The maximum atomic E-state index is 12.9. The van der Waals surface area contributed by atoms with Gasteiger partial charge in [-0.3, -0.25) is 0 Å². The topological polar surface area (TPSA) is 3.24 Å². The van der Waals surface area contributed by atoms with Crippen molar-refractivity contribution in [3.63, 3.8) is 0 Å². The van der Waals surface area contributed by atoms with Crippen LogP contribution in [0.4, 0.5) is 8.78 Å². The van der Waals surface area contributed by atoms with Crippen molar-refractivity contribution in [2.45, 2.75) is 13.3 Å². The first kappa shape index (κ1) is 8.24. The Morgan fingerprint density at radius 1 is 1.55 bits per heavy atom. The van der Waals surface area contributed by atoms with Crippen molar-refractivity contribution < 1.29 is 8.78 Å². The van der Waals surface area contributed by atoms with E-state index in [0.717, 1.165) is 0 Å². The number of allylic oxidation sites excluding steroid dienone is 3. The number of halogens is 2. The standard InChI is InChI=1S/C8H11F2N/c1-3-7-8(10)6(9)4-5-11(7)2/h4H,3,5H2,1-2H3. The van der Waals surface area contributed by atoms with Crippen molar-refractivity contribution in [2.75, 3.05) is 13.6 Å². The second-order valence-electron chi connectivity index (χ2n) is 2.55. The zero-order chi connectivity index (χ0) is 8.43. The summed E-state index contributed by atoms with van der Waals surface area (Å²) < 4.78 is 25.5. The lowest BCUT2D eigenvalue weighted by molar-refractivity contribution is 0.387. The molecule has 1 heterocycles. The van der Waals surface area contributed by atoms with Gasteiger partial charge in [-0.2, -0.15) is 0 Å². The largest absolute Gasteiger partial charge is 0.372 e. The van der Waals surface area contributed by atoms with Crippen LogP contribution in [0.3, 0.4) is 0 Å².